The van der Waals surface area contributed by atoms with Gasteiger partial charge in [0.25, 0.3) is 0 Å². The monoisotopic (exact) mass is 783 g/mol. The van der Waals surface area contributed by atoms with Gasteiger partial charge in [0, 0.05) is 19.4 Å². The lowest BCUT2D eigenvalue weighted by Crippen LogP contribution is -2.30. The zero-order valence-electron chi connectivity index (χ0n) is 37.1. The number of unbranched alkanes of at least 4 members (excludes halogenated alkanes) is 22. The first kappa shape index (κ1) is 53.6. The van der Waals surface area contributed by atoms with Crippen LogP contribution in [-0.4, -0.2) is 37.9 Å². The molecule has 0 rings (SSSR count). The molecule has 0 heterocycles. The Morgan fingerprint density at radius 3 is 1.27 bits per heavy atom. The zero-order chi connectivity index (χ0) is 40.7. The van der Waals surface area contributed by atoms with Crippen LogP contribution in [-0.2, 0) is 23.8 Å². The van der Waals surface area contributed by atoms with Crippen LogP contribution in [0, 0.1) is 0 Å². The number of ether oxygens (including phenoxy) is 3. The molecule has 0 saturated carbocycles. The van der Waals surface area contributed by atoms with Crippen molar-refractivity contribution in [3.63, 3.8) is 0 Å². The highest BCUT2D eigenvalue weighted by Crippen LogP contribution is 2.14. The molecular weight excluding hydrogens is 693 g/mol. The van der Waals surface area contributed by atoms with E-state index in [-0.39, 0.29) is 25.2 Å². The molecular formula is C51H90O5. The van der Waals surface area contributed by atoms with Crippen LogP contribution in [0.3, 0.4) is 0 Å². The molecule has 1 unspecified atom stereocenters. The highest BCUT2D eigenvalue weighted by Gasteiger charge is 2.17. The van der Waals surface area contributed by atoms with Crippen molar-refractivity contribution >= 4 is 11.9 Å². The smallest absolute Gasteiger partial charge is 0.306 e. The largest absolute Gasteiger partial charge is 0.462 e. The molecule has 5 heteroatoms. The Balaban J connectivity index is 4.31. The minimum atomic E-state index is -0.553. The van der Waals surface area contributed by atoms with E-state index in [9.17, 15) is 9.59 Å². The first-order valence-electron chi connectivity index (χ1n) is 23.8. The standard InChI is InChI=1S/C51H90O5/c1-4-7-10-13-16-19-22-24-25-26-27-29-30-32-35-38-41-44-50(52)55-48-49(47-54-46-43-40-37-34-21-18-15-12-9-6-3)56-51(53)45-42-39-36-33-31-28-23-20-17-14-11-8-5-2/h7,10,16,19,24-25,27,29,32,35,49H,4-6,8-9,11-15,17-18,20-23,26,28,30-31,33-34,36-48H2,1-3H3/b10-7-,19-16-,25-24-,29-27-,35-32-. The molecule has 1 atom stereocenters. The molecule has 56 heavy (non-hydrogen) atoms. The van der Waals surface area contributed by atoms with Crippen molar-refractivity contribution in [2.75, 3.05) is 19.8 Å². The van der Waals surface area contributed by atoms with E-state index in [1.807, 2.05) is 0 Å². The average Bonchev–Trinajstić information content (AvgIpc) is 3.20. The van der Waals surface area contributed by atoms with Gasteiger partial charge in [-0.05, 0) is 57.8 Å². The van der Waals surface area contributed by atoms with Gasteiger partial charge in [-0.15, -0.1) is 0 Å². The van der Waals surface area contributed by atoms with Crippen LogP contribution in [0.2, 0.25) is 0 Å². The Morgan fingerprint density at radius 2 is 0.804 bits per heavy atom. The van der Waals surface area contributed by atoms with E-state index >= 15 is 0 Å². The summed E-state index contributed by atoms with van der Waals surface area (Å²) in [5, 5.41) is 0. The highest BCUT2D eigenvalue weighted by molar-refractivity contribution is 5.70. The van der Waals surface area contributed by atoms with Crippen LogP contribution in [0.4, 0.5) is 0 Å². The molecule has 0 aromatic rings. The second kappa shape index (κ2) is 47.0. The van der Waals surface area contributed by atoms with Gasteiger partial charge in [-0.25, -0.2) is 0 Å². The van der Waals surface area contributed by atoms with Crippen LogP contribution in [0.5, 0.6) is 0 Å². The molecule has 324 valence electrons. The summed E-state index contributed by atoms with van der Waals surface area (Å²) in [5.74, 6) is -0.459. The minimum absolute atomic E-state index is 0.0584. The quantitative estimate of drug-likeness (QED) is 0.0350. The highest BCUT2D eigenvalue weighted by atomic mass is 16.6. The number of allylic oxidation sites excluding steroid dienone is 10. The molecule has 0 N–H and O–H groups in total. The van der Waals surface area contributed by atoms with Gasteiger partial charge in [0.2, 0.25) is 0 Å². The number of hydrogen-bond donors (Lipinski definition) is 0. The average molecular weight is 783 g/mol. The molecule has 5 nitrogen and oxygen atoms in total. The summed E-state index contributed by atoms with van der Waals surface area (Å²) in [7, 11) is 0. The third-order valence-corrected chi connectivity index (χ3v) is 10.1. The number of carbonyl (C=O) groups is 2. The lowest BCUT2D eigenvalue weighted by atomic mass is 10.0. The first-order valence-corrected chi connectivity index (χ1v) is 23.8. The molecule has 0 aliphatic heterocycles. The molecule has 0 aromatic heterocycles. The Bertz CT molecular complexity index is 977. The molecule has 0 bridgehead atoms. The predicted octanol–water partition coefficient (Wildman–Crippen LogP) is 15.8. The van der Waals surface area contributed by atoms with E-state index in [0.29, 0.717) is 19.4 Å². The molecule has 0 radical (unpaired) electrons. The number of carbonyl (C=O) groups excluding carboxylic acids is 2. The molecule has 0 aromatic carbocycles. The van der Waals surface area contributed by atoms with Gasteiger partial charge in [0.05, 0.1) is 6.61 Å². The van der Waals surface area contributed by atoms with Crippen molar-refractivity contribution < 1.29 is 23.8 Å². The lowest BCUT2D eigenvalue weighted by molar-refractivity contribution is -0.163. The molecule has 0 aliphatic rings. The van der Waals surface area contributed by atoms with Gasteiger partial charge in [0.1, 0.15) is 6.61 Å². The minimum Gasteiger partial charge on any atom is -0.462 e. The SMILES string of the molecule is CC/C=C\C/C=C\C/C=C\C/C=C\C/C=C\CCCC(=O)OCC(COCCCCCCCCCCCC)OC(=O)CCCCCCCCCCCCCCC. The second-order valence-corrected chi connectivity index (χ2v) is 15.6. The number of esters is 2. The van der Waals surface area contributed by atoms with Crippen molar-refractivity contribution in [1.82, 2.24) is 0 Å². The van der Waals surface area contributed by atoms with Crippen molar-refractivity contribution in [3.05, 3.63) is 60.8 Å². The van der Waals surface area contributed by atoms with E-state index in [1.165, 1.54) is 122 Å². The van der Waals surface area contributed by atoms with E-state index < -0.39 is 6.10 Å². The van der Waals surface area contributed by atoms with Crippen LogP contribution in [0.1, 0.15) is 226 Å². The fourth-order valence-electron chi connectivity index (χ4n) is 6.55. The van der Waals surface area contributed by atoms with Crippen LogP contribution in [0.15, 0.2) is 60.8 Å². The summed E-state index contributed by atoms with van der Waals surface area (Å²) in [6.45, 7) is 7.66. The van der Waals surface area contributed by atoms with Gasteiger partial charge < -0.3 is 14.2 Å². The lowest BCUT2D eigenvalue weighted by Gasteiger charge is -2.18. The Hall–Kier alpha value is -2.40. The van der Waals surface area contributed by atoms with Gasteiger partial charge >= 0.3 is 11.9 Å². The second-order valence-electron chi connectivity index (χ2n) is 15.6. The molecule has 0 spiro atoms. The van der Waals surface area contributed by atoms with Crippen molar-refractivity contribution in [2.24, 2.45) is 0 Å². The fourth-order valence-corrected chi connectivity index (χ4v) is 6.55. The van der Waals surface area contributed by atoms with Crippen molar-refractivity contribution in [1.29, 1.82) is 0 Å². The van der Waals surface area contributed by atoms with Gasteiger partial charge in [-0.2, -0.15) is 0 Å². The Labute approximate surface area is 347 Å². The summed E-state index contributed by atoms with van der Waals surface area (Å²) in [5.41, 5.74) is 0. The normalized spacial score (nSPS) is 12.7. The van der Waals surface area contributed by atoms with Crippen molar-refractivity contribution in [3.8, 4) is 0 Å². The van der Waals surface area contributed by atoms with Gasteiger partial charge in [-0.1, -0.05) is 216 Å². The van der Waals surface area contributed by atoms with E-state index in [4.69, 9.17) is 14.2 Å². The van der Waals surface area contributed by atoms with Crippen LogP contribution in [0.25, 0.3) is 0 Å². The topological polar surface area (TPSA) is 61.8 Å². The fraction of sp³-hybridized carbons (Fsp3) is 0.765. The summed E-state index contributed by atoms with van der Waals surface area (Å²) < 4.78 is 17.3. The van der Waals surface area contributed by atoms with Crippen LogP contribution < -0.4 is 0 Å². The third-order valence-electron chi connectivity index (χ3n) is 10.1. The van der Waals surface area contributed by atoms with Crippen molar-refractivity contribution in [2.45, 2.75) is 232 Å². The number of rotatable bonds is 43. The first-order chi connectivity index (χ1) is 27.6. The summed E-state index contributed by atoms with van der Waals surface area (Å²) in [6.07, 6.45) is 57.9. The summed E-state index contributed by atoms with van der Waals surface area (Å²) in [6, 6.07) is 0. The molecule has 0 fully saturated rings. The molecule has 0 saturated heterocycles. The maximum atomic E-state index is 12.7. The van der Waals surface area contributed by atoms with E-state index in [0.717, 1.165) is 70.6 Å². The summed E-state index contributed by atoms with van der Waals surface area (Å²) >= 11 is 0. The third kappa shape index (κ3) is 44.3. The zero-order valence-corrected chi connectivity index (χ0v) is 37.1. The van der Waals surface area contributed by atoms with Gasteiger partial charge in [0.15, 0.2) is 6.10 Å². The van der Waals surface area contributed by atoms with E-state index in [1.54, 1.807) is 0 Å². The maximum Gasteiger partial charge on any atom is 0.306 e. The Kier molecular flexibility index (Phi) is 45.0. The van der Waals surface area contributed by atoms with Crippen LogP contribution >= 0.6 is 0 Å². The van der Waals surface area contributed by atoms with Gasteiger partial charge in [-0.3, -0.25) is 9.59 Å². The van der Waals surface area contributed by atoms with E-state index in [2.05, 4.69) is 81.5 Å². The number of hydrogen-bond acceptors (Lipinski definition) is 5. The predicted molar refractivity (Wildman–Crippen MR) is 242 cm³/mol. The molecule has 0 aliphatic carbocycles. The molecule has 0 amide bonds. The Morgan fingerprint density at radius 1 is 0.411 bits per heavy atom. The summed E-state index contributed by atoms with van der Waals surface area (Å²) in [4.78, 5) is 25.3. The maximum absolute atomic E-state index is 12.7.